The molecule has 0 saturated carbocycles. The van der Waals surface area contributed by atoms with Crippen LogP contribution in [0.15, 0.2) is 12.3 Å². The van der Waals surface area contributed by atoms with Gasteiger partial charge in [0.05, 0.1) is 0 Å². The number of nitrogens with zero attached hydrogens (tertiary/aromatic N) is 4. The zero-order valence-corrected chi connectivity index (χ0v) is 12.7. The molecule has 1 aromatic rings. The van der Waals surface area contributed by atoms with Gasteiger partial charge < -0.3 is 9.80 Å². The Kier molecular flexibility index (Phi) is 5.10. The van der Waals surface area contributed by atoms with E-state index in [1.807, 2.05) is 6.92 Å². The van der Waals surface area contributed by atoms with E-state index in [0.29, 0.717) is 24.2 Å². The average molecular weight is 314 g/mol. The minimum atomic E-state index is -2.79. The standard InChI is InChI=1S/C14H20F2N4O2/c1-3-4-5-11-13(22)18(2)8-9-19(11)12(21)10-6-7-20(17-10)14(15)16/h6-7,11,14H,3-5,8-9H2,1-2H3/t11-/m0/s1. The molecule has 6 nitrogen and oxygen atoms in total. The number of alkyl halides is 2. The van der Waals surface area contributed by atoms with E-state index < -0.39 is 18.5 Å². The fourth-order valence-corrected chi connectivity index (χ4v) is 2.54. The molecule has 1 aliphatic heterocycles. The lowest BCUT2D eigenvalue weighted by molar-refractivity contribution is -0.138. The molecule has 0 aliphatic carbocycles. The first kappa shape index (κ1) is 16.4. The number of unbranched alkanes of at least 4 members (excludes halogenated alkanes) is 1. The monoisotopic (exact) mass is 314 g/mol. The molecule has 0 spiro atoms. The molecule has 1 aliphatic rings. The van der Waals surface area contributed by atoms with Gasteiger partial charge in [-0.15, -0.1) is 0 Å². The van der Waals surface area contributed by atoms with Crippen molar-refractivity contribution in [3.8, 4) is 0 Å². The van der Waals surface area contributed by atoms with E-state index in [4.69, 9.17) is 0 Å². The Morgan fingerprint density at radius 1 is 1.45 bits per heavy atom. The second kappa shape index (κ2) is 6.85. The summed E-state index contributed by atoms with van der Waals surface area (Å²) in [5.41, 5.74) is -0.0563. The highest BCUT2D eigenvalue weighted by molar-refractivity contribution is 5.96. The smallest absolute Gasteiger partial charge is 0.333 e. The molecule has 8 heteroatoms. The van der Waals surface area contributed by atoms with E-state index in [1.54, 1.807) is 11.9 Å². The molecule has 0 radical (unpaired) electrons. The van der Waals surface area contributed by atoms with Gasteiger partial charge in [0.1, 0.15) is 6.04 Å². The van der Waals surface area contributed by atoms with E-state index in [2.05, 4.69) is 5.10 Å². The quantitative estimate of drug-likeness (QED) is 0.832. The van der Waals surface area contributed by atoms with Gasteiger partial charge in [-0.25, -0.2) is 4.68 Å². The number of carbonyl (C=O) groups excluding carboxylic acids is 2. The highest BCUT2D eigenvalue weighted by Gasteiger charge is 2.36. The molecule has 1 fully saturated rings. The average Bonchev–Trinajstić information content (AvgIpc) is 2.98. The maximum Gasteiger partial charge on any atom is 0.333 e. The van der Waals surface area contributed by atoms with E-state index in [1.165, 1.54) is 11.0 Å². The van der Waals surface area contributed by atoms with Gasteiger partial charge in [0, 0.05) is 26.3 Å². The Morgan fingerprint density at radius 2 is 2.18 bits per heavy atom. The highest BCUT2D eigenvalue weighted by Crippen LogP contribution is 2.19. The molecule has 0 bridgehead atoms. The summed E-state index contributed by atoms with van der Waals surface area (Å²) in [5, 5.41) is 3.59. The van der Waals surface area contributed by atoms with Crippen molar-refractivity contribution in [1.82, 2.24) is 19.6 Å². The van der Waals surface area contributed by atoms with Crippen molar-refractivity contribution in [2.45, 2.75) is 38.8 Å². The first-order valence-electron chi connectivity index (χ1n) is 7.35. The SMILES string of the molecule is CCCC[C@H]1C(=O)N(C)CCN1C(=O)c1ccn(C(F)F)n1. The molecule has 2 heterocycles. The minimum absolute atomic E-state index is 0.0563. The normalized spacial score (nSPS) is 19.1. The minimum Gasteiger partial charge on any atom is -0.342 e. The van der Waals surface area contributed by atoms with Crippen LogP contribution in [0.5, 0.6) is 0 Å². The van der Waals surface area contributed by atoms with Gasteiger partial charge in [-0.3, -0.25) is 9.59 Å². The van der Waals surface area contributed by atoms with Gasteiger partial charge in [-0.05, 0) is 12.5 Å². The largest absolute Gasteiger partial charge is 0.342 e. The van der Waals surface area contributed by atoms with Crippen LogP contribution in [-0.2, 0) is 4.79 Å². The first-order valence-corrected chi connectivity index (χ1v) is 7.35. The van der Waals surface area contributed by atoms with Crippen LogP contribution in [0.3, 0.4) is 0 Å². The molecule has 0 N–H and O–H groups in total. The molecular weight excluding hydrogens is 294 g/mol. The van der Waals surface area contributed by atoms with Crippen molar-refractivity contribution in [1.29, 1.82) is 0 Å². The third kappa shape index (κ3) is 3.26. The van der Waals surface area contributed by atoms with E-state index >= 15 is 0 Å². The summed E-state index contributed by atoms with van der Waals surface area (Å²) in [6, 6.07) is 0.719. The zero-order chi connectivity index (χ0) is 16.3. The Labute approximate surface area is 127 Å². The van der Waals surface area contributed by atoms with Crippen molar-refractivity contribution < 1.29 is 18.4 Å². The fraction of sp³-hybridized carbons (Fsp3) is 0.643. The van der Waals surface area contributed by atoms with Crippen LogP contribution in [0.4, 0.5) is 8.78 Å². The van der Waals surface area contributed by atoms with Crippen LogP contribution in [0.25, 0.3) is 0 Å². The highest BCUT2D eigenvalue weighted by atomic mass is 19.3. The molecule has 1 atom stereocenters. The van der Waals surface area contributed by atoms with E-state index in [-0.39, 0.29) is 11.6 Å². The van der Waals surface area contributed by atoms with Gasteiger partial charge in [0.15, 0.2) is 5.69 Å². The summed E-state index contributed by atoms with van der Waals surface area (Å²) in [6.45, 7) is 0.0410. The summed E-state index contributed by atoms with van der Waals surface area (Å²) < 4.78 is 25.6. The van der Waals surface area contributed by atoms with E-state index in [0.717, 1.165) is 19.0 Å². The van der Waals surface area contributed by atoms with Crippen molar-refractivity contribution in [2.75, 3.05) is 20.1 Å². The second-order valence-corrected chi connectivity index (χ2v) is 5.38. The number of carbonyl (C=O) groups is 2. The number of likely N-dealkylation sites (N-methyl/N-ethyl adjacent to an activating group) is 1. The van der Waals surface area contributed by atoms with E-state index in [9.17, 15) is 18.4 Å². The van der Waals surface area contributed by atoms with Crippen LogP contribution < -0.4 is 0 Å². The molecule has 22 heavy (non-hydrogen) atoms. The van der Waals surface area contributed by atoms with Crippen molar-refractivity contribution in [3.05, 3.63) is 18.0 Å². The Morgan fingerprint density at radius 3 is 2.77 bits per heavy atom. The molecule has 2 rings (SSSR count). The lowest BCUT2D eigenvalue weighted by atomic mass is 10.0. The predicted molar refractivity (Wildman–Crippen MR) is 75.5 cm³/mol. The third-order valence-corrected chi connectivity index (χ3v) is 3.83. The van der Waals surface area contributed by atoms with Crippen LogP contribution >= 0.6 is 0 Å². The van der Waals surface area contributed by atoms with Crippen LogP contribution in [0.1, 0.15) is 43.2 Å². The molecule has 2 amide bonds. The summed E-state index contributed by atoms with van der Waals surface area (Å²) >= 11 is 0. The van der Waals surface area contributed by atoms with Gasteiger partial charge in [-0.2, -0.15) is 13.9 Å². The molecule has 1 saturated heterocycles. The number of amides is 2. The number of aromatic nitrogens is 2. The summed E-state index contributed by atoms with van der Waals surface area (Å²) in [7, 11) is 1.70. The zero-order valence-electron chi connectivity index (χ0n) is 12.7. The van der Waals surface area contributed by atoms with Crippen LogP contribution in [-0.4, -0.2) is 57.6 Å². The fourth-order valence-electron chi connectivity index (χ4n) is 2.54. The van der Waals surface area contributed by atoms with Gasteiger partial charge in [-0.1, -0.05) is 19.8 Å². The second-order valence-electron chi connectivity index (χ2n) is 5.38. The maximum absolute atomic E-state index is 12.6. The number of hydrogen-bond donors (Lipinski definition) is 0. The van der Waals surface area contributed by atoms with Crippen molar-refractivity contribution >= 4 is 11.8 Å². The number of halogens is 2. The lowest BCUT2D eigenvalue weighted by Crippen LogP contribution is -2.57. The van der Waals surface area contributed by atoms with Gasteiger partial charge in [0.2, 0.25) is 5.91 Å². The molecular formula is C14H20F2N4O2. The molecule has 122 valence electrons. The topological polar surface area (TPSA) is 58.4 Å². The number of piperazine rings is 1. The summed E-state index contributed by atoms with van der Waals surface area (Å²) in [6.07, 6.45) is 3.37. The van der Waals surface area contributed by atoms with Gasteiger partial charge in [0.25, 0.3) is 5.91 Å². The Bertz CT molecular complexity index is 547. The molecule has 0 unspecified atom stereocenters. The van der Waals surface area contributed by atoms with Crippen LogP contribution in [0, 0.1) is 0 Å². The predicted octanol–water partition coefficient (Wildman–Crippen LogP) is 1.75. The third-order valence-electron chi connectivity index (χ3n) is 3.83. The van der Waals surface area contributed by atoms with Crippen molar-refractivity contribution in [3.63, 3.8) is 0 Å². The summed E-state index contributed by atoms with van der Waals surface area (Å²) in [4.78, 5) is 27.8. The maximum atomic E-state index is 12.6. The number of rotatable bonds is 5. The van der Waals surface area contributed by atoms with Gasteiger partial charge >= 0.3 is 6.55 Å². The molecule has 0 aromatic carbocycles. The Hall–Kier alpha value is -1.99. The summed E-state index contributed by atoms with van der Waals surface area (Å²) in [5.74, 6) is -0.580. The van der Waals surface area contributed by atoms with Crippen LogP contribution in [0.2, 0.25) is 0 Å². The number of hydrogen-bond acceptors (Lipinski definition) is 3. The first-order chi connectivity index (χ1) is 10.5. The lowest BCUT2D eigenvalue weighted by Gasteiger charge is -2.38. The molecule has 1 aromatic heterocycles. The Balaban J connectivity index is 2.19. The van der Waals surface area contributed by atoms with Crippen molar-refractivity contribution in [2.24, 2.45) is 0 Å².